The van der Waals surface area contributed by atoms with E-state index in [9.17, 15) is 0 Å². The zero-order chi connectivity index (χ0) is 19.1. The number of hydrogen-bond donors (Lipinski definition) is 2. The molecule has 138 valence electrons. The Morgan fingerprint density at radius 2 is 1.89 bits per heavy atom. The maximum absolute atomic E-state index is 5.34. The molecule has 9 heteroatoms. The van der Waals surface area contributed by atoms with Crippen molar-refractivity contribution in [2.75, 3.05) is 12.4 Å². The second kappa shape index (κ2) is 9.24. The molecule has 1 aromatic carbocycles. The van der Waals surface area contributed by atoms with Crippen LogP contribution in [0.1, 0.15) is 11.3 Å². The monoisotopic (exact) mass is 398 g/mol. The van der Waals surface area contributed by atoms with Crippen LogP contribution >= 0.6 is 24.0 Å². The Hall–Kier alpha value is -2.78. The van der Waals surface area contributed by atoms with Crippen LogP contribution in [0.3, 0.4) is 0 Å². The normalized spacial score (nSPS) is 10.3. The highest BCUT2D eigenvalue weighted by atomic mass is 32.2. The lowest BCUT2D eigenvalue weighted by atomic mass is 10.2. The fourth-order valence-electron chi connectivity index (χ4n) is 2.15. The first-order chi connectivity index (χ1) is 13.1. The van der Waals surface area contributed by atoms with E-state index in [1.807, 2.05) is 37.3 Å². The quantitative estimate of drug-likeness (QED) is 0.369. The molecule has 27 heavy (non-hydrogen) atoms. The molecular formula is C18H18N6OS2. The van der Waals surface area contributed by atoms with Crippen molar-refractivity contribution in [3.8, 4) is 5.75 Å². The molecule has 0 fully saturated rings. The zero-order valence-electron chi connectivity index (χ0n) is 14.8. The Balaban J connectivity index is 1.59. The van der Waals surface area contributed by atoms with E-state index >= 15 is 0 Å². The molecule has 0 aliphatic heterocycles. The summed E-state index contributed by atoms with van der Waals surface area (Å²) in [6.45, 7) is 2.48. The molecule has 0 unspecified atom stereocenters. The first-order valence-electron chi connectivity index (χ1n) is 8.11. The van der Waals surface area contributed by atoms with Crippen molar-refractivity contribution >= 4 is 35.0 Å². The average Bonchev–Trinajstić information content (AvgIpc) is 2.67. The molecule has 2 aromatic heterocycles. The second-order valence-corrected chi connectivity index (χ2v) is 6.86. The van der Waals surface area contributed by atoms with Crippen LogP contribution in [0.15, 0.2) is 59.0 Å². The predicted octanol–water partition coefficient (Wildman–Crippen LogP) is 3.22. The summed E-state index contributed by atoms with van der Waals surface area (Å²) in [4.78, 5) is 17.2. The van der Waals surface area contributed by atoms with Crippen LogP contribution < -0.4 is 15.4 Å². The number of benzene rings is 1. The third-order valence-corrected chi connectivity index (χ3v) is 4.46. The van der Waals surface area contributed by atoms with Gasteiger partial charge in [0, 0.05) is 24.6 Å². The van der Waals surface area contributed by atoms with Gasteiger partial charge < -0.3 is 15.4 Å². The number of ether oxygens (including phenoxy) is 1. The third kappa shape index (κ3) is 5.87. The minimum absolute atomic E-state index is 0.431. The highest BCUT2D eigenvalue weighted by Crippen LogP contribution is 2.23. The number of rotatable bonds is 6. The standard InChI is InChI=1S/C18H18N6OS2/c1-12-10-15(27-18-19-8-3-9-20-18)23-16(22-12)24-17(26)21-11-13-4-6-14(25-2)7-5-13/h3-10H,11H2,1-2H3,(H2,21,22,23,24,26). The number of aryl methyl sites for hydroxylation is 1. The Labute approximate surface area is 167 Å². The van der Waals surface area contributed by atoms with Crippen molar-refractivity contribution in [2.24, 2.45) is 0 Å². The lowest BCUT2D eigenvalue weighted by Gasteiger charge is -2.11. The molecule has 0 aliphatic carbocycles. The number of nitrogens with zero attached hydrogens (tertiary/aromatic N) is 4. The number of anilines is 1. The zero-order valence-corrected chi connectivity index (χ0v) is 16.5. The van der Waals surface area contributed by atoms with Gasteiger partial charge >= 0.3 is 0 Å². The molecule has 3 aromatic rings. The van der Waals surface area contributed by atoms with Gasteiger partial charge in [0.05, 0.1) is 7.11 Å². The van der Waals surface area contributed by atoms with E-state index in [-0.39, 0.29) is 0 Å². The molecular weight excluding hydrogens is 380 g/mol. The Bertz CT molecular complexity index is 905. The van der Waals surface area contributed by atoms with Gasteiger partial charge in [-0.25, -0.2) is 19.9 Å². The van der Waals surface area contributed by atoms with Crippen LogP contribution in [0.2, 0.25) is 0 Å². The molecule has 3 rings (SSSR count). The predicted molar refractivity (Wildman–Crippen MR) is 109 cm³/mol. The largest absolute Gasteiger partial charge is 0.497 e. The van der Waals surface area contributed by atoms with Crippen LogP contribution in [0.4, 0.5) is 5.95 Å². The fraction of sp³-hybridized carbons (Fsp3) is 0.167. The van der Waals surface area contributed by atoms with E-state index in [0.717, 1.165) is 22.0 Å². The SMILES string of the molecule is COc1ccc(CNC(=S)Nc2nc(C)cc(Sc3ncccn3)n2)cc1. The molecule has 2 heterocycles. The first-order valence-corrected chi connectivity index (χ1v) is 9.33. The van der Waals surface area contributed by atoms with Crippen molar-refractivity contribution in [3.63, 3.8) is 0 Å². The topological polar surface area (TPSA) is 84.9 Å². The van der Waals surface area contributed by atoms with E-state index < -0.39 is 0 Å². The summed E-state index contributed by atoms with van der Waals surface area (Å²) in [6.07, 6.45) is 3.39. The Morgan fingerprint density at radius 1 is 1.15 bits per heavy atom. The minimum atomic E-state index is 0.431. The summed E-state index contributed by atoms with van der Waals surface area (Å²) >= 11 is 6.71. The summed E-state index contributed by atoms with van der Waals surface area (Å²) in [7, 11) is 1.64. The highest BCUT2D eigenvalue weighted by molar-refractivity contribution is 7.99. The van der Waals surface area contributed by atoms with E-state index in [0.29, 0.717) is 22.8 Å². The molecule has 0 saturated carbocycles. The van der Waals surface area contributed by atoms with Gasteiger partial charge in [-0.05, 0) is 60.7 Å². The van der Waals surface area contributed by atoms with Gasteiger partial charge in [0.15, 0.2) is 10.3 Å². The van der Waals surface area contributed by atoms with Gasteiger partial charge in [-0.1, -0.05) is 12.1 Å². The van der Waals surface area contributed by atoms with Gasteiger partial charge in [0.1, 0.15) is 10.8 Å². The van der Waals surface area contributed by atoms with Crippen molar-refractivity contribution in [2.45, 2.75) is 23.7 Å². The number of hydrogen-bond acceptors (Lipinski definition) is 7. The number of nitrogens with one attached hydrogen (secondary N) is 2. The number of thiocarbonyl (C=S) groups is 1. The average molecular weight is 399 g/mol. The molecule has 0 aliphatic rings. The van der Waals surface area contributed by atoms with Crippen molar-refractivity contribution < 1.29 is 4.74 Å². The van der Waals surface area contributed by atoms with Crippen molar-refractivity contribution in [1.29, 1.82) is 0 Å². The molecule has 0 spiro atoms. The molecule has 0 atom stereocenters. The molecule has 0 radical (unpaired) electrons. The molecule has 0 amide bonds. The Kier molecular flexibility index (Phi) is 6.50. The summed E-state index contributed by atoms with van der Waals surface area (Å²) in [5.74, 6) is 1.25. The summed E-state index contributed by atoms with van der Waals surface area (Å²) in [6, 6.07) is 11.4. The summed E-state index contributed by atoms with van der Waals surface area (Å²) in [5, 5.41) is 7.98. The van der Waals surface area contributed by atoms with Crippen LogP contribution in [-0.4, -0.2) is 32.2 Å². The summed E-state index contributed by atoms with van der Waals surface area (Å²) < 4.78 is 5.15. The van der Waals surface area contributed by atoms with E-state index in [4.69, 9.17) is 17.0 Å². The van der Waals surface area contributed by atoms with Gasteiger partial charge in [0.25, 0.3) is 0 Å². The lowest BCUT2D eigenvalue weighted by molar-refractivity contribution is 0.414. The van der Waals surface area contributed by atoms with Crippen molar-refractivity contribution in [3.05, 3.63) is 60.0 Å². The van der Waals surface area contributed by atoms with Crippen LogP contribution in [0.25, 0.3) is 0 Å². The molecule has 2 N–H and O–H groups in total. The third-order valence-electron chi connectivity index (χ3n) is 3.41. The van der Waals surface area contributed by atoms with Gasteiger partial charge in [-0.3, -0.25) is 0 Å². The second-order valence-electron chi connectivity index (χ2n) is 5.46. The number of aromatic nitrogens is 4. The Morgan fingerprint density at radius 3 is 2.59 bits per heavy atom. The first kappa shape index (κ1) is 19.0. The van der Waals surface area contributed by atoms with Crippen LogP contribution in [0, 0.1) is 6.92 Å². The molecule has 0 bridgehead atoms. The van der Waals surface area contributed by atoms with E-state index in [1.165, 1.54) is 11.8 Å². The maximum Gasteiger partial charge on any atom is 0.230 e. The lowest BCUT2D eigenvalue weighted by Crippen LogP contribution is -2.28. The van der Waals surface area contributed by atoms with E-state index in [2.05, 4.69) is 30.6 Å². The van der Waals surface area contributed by atoms with Crippen molar-refractivity contribution in [1.82, 2.24) is 25.3 Å². The maximum atomic E-state index is 5.34. The summed E-state index contributed by atoms with van der Waals surface area (Å²) in [5.41, 5.74) is 1.91. The molecule has 7 nitrogen and oxygen atoms in total. The van der Waals surface area contributed by atoms with Gasteiger partial charge in [-0.15, -0.1) is 0 Å². The van der Waals surface area contributed by atoms with Gasteiger partial charge in [0.2, 0.25) is 5.95 Å². The van der Waals surface area contributed by atoms with Crippen LogP contribution in [0.5, 0.6) is 5.75 Å². The van der Waals surface area contributed by atoms with Crippen LogP contribution in [-0.2, 0) is 6.54 Å². The number of methoxy groups -OCH3 is 1. The minimum Gasteiger partial charge on any atom is -0.497 e. The molecule has 0 saturated heterocycles. The smallest absolute Gasteiger partial charge is 0.230 e. The fourth-order valence-corrected chi connectivity index (χ4v) is 3.09. The highest BCUT2D eigenvalue weighted by Gasteiger charge is 2.07. The van der Waals surface area contributed by atoms with Gasteiger partial charge in [-0.2, -0.15) is 0 Å². The van der Waals surface area contributed by atoms with E-state index in [1.54, 1.807) is 25.6 Å².